The van der Waals surface area contributed by atoms with E-state index in [0.29, 0.717) is 35.6 Å². The van der Waals surface area contributed by atoms with Gasteiger partial charge in [-0.1, -0.05) is 18.2 Å². The number of esters is 1. The minimum absolute atomic E-state index is 0.0572. The number of hydrogen-bond acceptors (Lipinski definition) is 8. The molecular formula is C25H24N2O7S. The van der Waals surface area contributed by atoms with E-state index >= 15 is 0 Å². The third-order valence-electron chi connectivity index (χ3n) is 5.27. The molecule has 182 valence electrons. The fraction of sp³-hybridized carbons (Fsp3) is 0.240. The van der Waals surface area contributed by atoms with E-state index in [2.05, 4.69) is 5.32 Å². The average Bonchev–Trinajstić information content (AvgIpc) is 3.48. The summed E-state index contributed by atoms with van der Waals surface area (Å²) in [6.07, 6.45) is 0.566. The molecular weight excluding hydrogens is 472 g/mol. The molecule has 0 aliphatic carbocycles. The molecule has 2 aromatic heterocycles. The number of thiophene rings is 1. The van der Waals surface area contributed by atoms with Crippen LogP contribution in [0, 0.1) is 0 Å². The molecule has 10 heteroatoms. The molecule has 0 spiro atoms. The van der Waals surface area contributed by atoms with Crippen molar-refractivity contribution >= 4 is 40.0 Å². The molecule has 0 fully saturated rings. The number of rotatable bonds is 10. The second kappa shape index (κ2) is 10.9. The summed E-state index contributed by atoms with van der Waals surface area (Å²) in [4.78, 5) is 38.5. The van der Waals surface area contributed by atoms with Crippen LogP contribution in [-0.2, 0) is 22.5 Å². The van der Waals surface area contributed by atoms with E-state index in [9.17, 15) is 14.4 Å². The van der Waals surface area contributed by atoms with Crippen molar-refractivity contribution in [1.82, 2.24) is 4.57 Å². The molecule has 0 radical (unpaired) electrons. The van der Waals surface area contributed by atoms with Crippen molar-refractivity contribution in [3.8, 4) is 11.5 Å². The number of nitrogens with zero attached hydrogens (tertiary/aromatic N) is 1. The van der Waals surface area contributed by atoms with Crippen molar-refractivity contribution in [2.75, 3.05) is 26.1 Å². The second-order valence-electron chi connectivity index (χ2n) is 7.53. The van der Waals surface area contributed by atoms with Crippen LogP contribution in [-0.4, -0.2) is 37.3 Å². The van der Waals surface area contributed by atoms with Gasteiger partial charge in [0, 0.05) is 23.6 Å². The van der Waals surface area contributed by atoms with Crippen LogP contribution in [0.5, 0.6) is 11.5 Å². The molecule has 0 saturated carbocycles. The van der Waals surface area contributed by atoms with Gasteiger partial charge >= 0.3 is 11.7 Å². The minimum Gasteiger partial charge on any atom is -0.493 e. The first-order chi connectivity index (χ1) is 17.0. The zero-order valence-corrected chi connectivity index (χ0v) is 20.1. The molecule has 35 heavy (non-hydrogen) atoms. The van der Waals surface area contributed by atoms with Crippen LogP contribution in [0.15, 0.2) is 63.1 Å². The highest BCUT2D eigenvalue weighted by Crippen LogP contribution is 2.34. The number of ether oxygens (including phenoxy) is 3. The quantitative estimate of drug-likeness (QED) is 0.260. The molecule has 9 nitrogen and oxygen atoms in total. The van der Waals surface area contributed by atoms with Gasteiger partial charge in [0.2, 0.25) is 5.91 Å². The first-order valence-corrected chi connectivity index (χ1v) is 11.7. The predicted octanol–water partition coefficient (Wildman–Crippen LogP) is 4.10. The Labute approximate surface area is 204 Å². The van der Waals surface area contributed by atoms with Crippen molar-refractivity contribution in [3.05, 3.63) is 74.9 Å². The first-order valence-electron chi connectivity index (χ1n) is 10.8. The maximum atomic E-state index is 12.9. The van der Waals surface area contributed by atoms with Gasteiger partial charge in [0.1, 0.15) is 0 Å². The Bertz CT molecular complexity index is 1390. The van der Waals surface area contributed by atoms with Crippen LogP contribution < -0.4 is 20.5 Å². The van der Waals surface area contributed by atoms with Gasteiger partial charge < -0.3 is 23.9 Å². The number of nitrogens with one attached hydrogen (secondary N) is 1. The summed E-state index contributed by atoms with van der Waals surface area (Å²) in [6.45, 7) is 0.376. The van der Waals surface area contributed by atoms with Gasteiger partial charge in [0.15, 0.2) is 17.1 Å². The topological polar surface area (TPSA) is 109 Å². The lowest BCUT2D eigenvalue weighted by Crippen LogP contribution is -2.19. The smallest absolute Gasteiger partial charge is 0.419 e. The third-order valence-corrected chi connectivity index (χ3v) is 6.14. The van der Waals surface area contributed by atoms with Crippen molar-refractivity contribution in [1.29, 1.82) is 0 Å². The molecule has 1 amide bonds. The number of carbonyl (C=O) groups excluding carboxylic acids is 2. The Morgan fingerprint density at radius 2 is 1.83 bits per heavy atom. The van der Waals surface area contributed by atoms with E-state index in [1.807, 2.05) is 23.6 Å². The molecule has 0 aliphatic rings. The molecule has 4 rings (SSSR count). The highest BCUT2D eigenvalue weighted by molar-refractivity contribution is 7.10. The number of fused-ring (bicyclic) bond motifs is 1. The van der Waals surface area contributed by atoms with Gasteiger partial charge in [-0.2, -0.15) is 0 Å². The lowest BCUT2D eigenvalue weighted by atomic mass is 10.1. The maximum Gasteiger partial charge on any atom is 0.419 e. The van der Waals surface area contributed by atoms with Gasteiger partial charge in [-0.3, -0.25) is 9.36 Å². The number of para-hydroxylation sites is 2. The van der Waals surface area contributed by atoms with Crippen molar-refractivity contribution in [2.24, 2.45) is 0 Å². The third kappa shape index (κ3) is 5.55. The first kappa shape index (κ1) is 24.1. The van der Waals surface area contributed by atoms with E-state index in [0.717, 1.165) is 4.88 Å². The van der Waals surface area contributed by atoms with Crippen LogP contribution >= 0.6 is 11.3 Å². The Hall–Kier alpha value is -4.05. The van der Waals surface area contributed by atoms with Crippen LogP contribution in [0.3, 0.4) is 0 Å². The largest absolute Gasteiger partial charge is 0.493 e. The van der Waals surface area contributed by atoms with Crippen LogP contribution in [0.1, 0.15) is 21.7 Å². The summed E-state index contributed by atoms with van der Waals surface area (Å²) >= 11 is 1.47. The summed E-state index contributed by atoms with van der Waals surface area (Å²) in [6, 6.07) is 13.8. The molecule has 4 aromatic rings. The van der Waals surface area contributed by atoms with Gasteiger partial charge in [0.25, 0.3) is 0 Å². The number of methoxy groups -OCH3 is 2. The summed E-state index contributed by atoms with van der Waals surface area (Å²) in [7, 11) is 2.92. The van der Waals surface area contributed by atoms with E-state index < -0.39 is 11.7 Å². The van der Waals surface area contributed by atoms with Gasteiger partial charge in [-0.05, 0) is 30.0 Å². The Balaban J connectivity index is 1.45. The average molecular weight is 497 g/mol. The van der Waals surface area contributed by atoms with E-state index in [-0.39, 0.29) is 30.2 Å². The van der Waals surface area contributed by atoms with Crippen LogP contribution in [0.2, 0.25) is 0 Å². The number of carbonyl (C=O) groups is 2. The van der Waals surface area contributed by atoms with Crippen LogP contribution in [0.4, 0.5) is 5.69 Å². The summed E-state index contributed by atoms with van der Waals surface area (Å²) in [5, 5.41) is 4.66. The van der Waals surface area contributed by atoms with Crippen molar-refractivity contribution in [2.45, 2.75) is 19.4 Å². The van der Waals surface area contributed by atoms with Crippen LogP contribution in [0.25, 0.3) is 11.1 Å². The number of aromatic nitrogens is 1. The Kier molecular flexibility index (Phi) is 7.51. The van der Waals surface area contributed by atoms with E-state index in [1.54, 1.807) is 18.2 Å². The summed E-state index contributed by atoms with van der Waals surface area (Å²) in [5.41, 5.74) is 1.57. The van der Waals surface area contributed by atoms with Gasteiger partial charge in [0.05, 0.1) is 44.0 Å². The monoisotopic (exact) mass is 496 g/mol. The molecule has 0 atom stereocenters. The molecule has 0 unspecified atom stereocenters. The van der Waals surface area contributed by atoms with Gasteiger partial charge in [-0.25, -0.2) is 9.59 Å². The maximum absolute atomic E-state index is 12.9. The Morgan fingerprint density at radius 3 is 2.57 bits per heavy atom. The highest BCUT2D eigenvalue weighted by Gasteiger charge is 2.20. The van der Waals surface area contributed by atoms with Crippen molar-refractivity contribution in [3.63, 3.8) is 0 Å². The molecule has 1 N–H and O–H groups in total. The predicted molar refractivity (Wildman–Crippen MR) is 132 cm³/mol. The summed E-state index contributed by atoms with van der Waals surface area (Å²) < 4.78 is 22.8. The molecule has 0 bridgehead atoms. The number of amides is 1. The zero-order chi connectivity index (χ0) is 24.8. The number of anilines is 1. The molecule has 2 aromatic carbocycles. The fourth-order valence-electron chi connectivity index (χ4n) is 3.61. The minimum atomic E-state index is -0.637. The highest BCUT2D eigenvalue weighted by atomic mass is 32.1. The normalized spacial score (nSPS) is 10.8. The second-order valence-corrected chi connectivity index (χ2v) is 8.57. The number of hydrogen-bond donors (Lipinski definition) is 1. The molecule has 0 saturated heterocycles. The standard InChI is InChI=1S/C25H24N2O7S/c1-31-21-14-17(18(15-22(21)32-2)26-23(28)13-16-7-5-12-35-16)24(29)33-11-6-10-27-19-8-3-4-9-20(19)34-25(27)30/h3-5,7-9,12,14-15H,6,10-11,13H2,1-2H3,(H,26,28). The lowest BCUT2D eigenvalue weighted by molar-refractivity contribution is -0.115. The lowest BCUT2D eigenvalue weighted by Gasteiger charge is -2.15. The molecule has 0 aliphatic heterocycles. The molecule has 2 heterocycles. The zero-order valence-electron chi connectivity index (χ0n) is 19.2. The summed E-state index contributed by atoms with van der Waals surface area (Å²) in [5.74, 6) is -0.691. The number of benzene rings is 2. The van der Waals surface area contributed by atoms with Crippen molar-refractivity contribution < 1.29 is 28.2 Å². The van der Waals surface area contributed by atoms with Gasteiger partial charge in [-0.15, -0.1) is 11.3 Å². The number of oxazole rings is 1. The Morgan fingerprint density at radius 1 is 1.06 bits per heavy atom. The van der Waals surface area contributed by atoms with E-state index in [4.69, 9.17) is 18.6 Å². The SMILES string of the molecule is COc1cc(NC(=O)Cc2cccs2)c(C(=O)OCCCn2c(=O)oc3ccccc32)cc1OC. The number of aryl methyl sites for hydroxylation is 1. The van der Waals surface area contributed by atoms with E-state index in [1.165, 1.54) is 42.3 Å². The fourth-order valence-corrected chi connectivity index (χ4v) is 4.31.